The first-order valence-corrected chi connectivity index (χ1v) is 15.7. The molecule has 0 N–H and O–H groups in total. The number of aromatic nitrogens is 2. The number of fused-ring (bicyclic) bond motifs is 6. The average molecular weight is 579 g/mol. The fraction of sp³-hybridized carbons (Fsp3) is 0. The fourth-order valence-corrected chi connectivity index (χ4v) is 7.79. The number of nitrogens with zero attached hydrogens (tertiary/aromatic N) is 2. The number of hydrogen-bond donors (Lipinski definition) is 0. The summed E-state index contributed by atoms with van der Waals surface area (Å²) < 4.78 is 4.89. The number of thiophene rings is 1. The molecule has 0 aliphatic heterocycles. The largest absolute Gasteiger partial charge is 0.294 e. The van der Waals surface area contributed by atoms with E-state index in [9.17, 15) is 0 Å². The van der Waals surface area contributed by atoms with Crippen LogP contribution in [0.15, 0.2) is 158 Å². The fourth-order valence-electron chi connectivity index (χ4n) is 6.56. The summed E-state index contributed by atoms with van der Waals surface area (Å²) in [5, 5.41) is 5.03. The zero-order valence-corrected chi connectivity index (χ0v) is 24.6. The highest BCUT2D eigenvalue weighted by molar-refractivity contribution is 7.26. The molecule has 0 spiro atoms. The Morgan fingerprint density at radius 1 is 0.432 bits per heavy atom. The van der Waals surface area contributed by atoms with Crippen LogP contribution in [0.25, 0.3) is 81.3 Å². The third-order valence-corrected chi connectivity index (χ3v) is 9.82. The smallest absolute Gasteiger partial charge is 0.138 e. The SMILES string of the molecule is c1ccc(-c2cccc(-c3cc(-c4cccc5c4sc4ccccc45)nc(-n4c5ccccc5c5ccccc54)c3)c2)cc1. The lowest BCUT2D eigenvalue weighted by Crippen LogP contribution is -2.00. The summed E-state index contributed by atoms with van der Waals surface area (Å²) in [5.74, 6) is 0.915. The number of hydrogen-bond acceptors (Lipinski definition) is 2. The van der Waals surface area contributed by atoms with Crippen LogP contribution < -0.4 is 0 Å². The number of benzene rings is 6. The third-order valence-electron chi connectivity index (χ3n) is 8.60. The van der Waals surface area contributed by atoms with E-state index in [4.69, 9.17) is 4.98 Å². The van der Waals surface area contributed by atoms with Crippen LogP contribution in [-0.2, 0) is 0 Å². The zero-order valence-electron chi connectivity index (χ0n) is 23.8. The van der Waals surface area contributed by atoms with Gasteiger partial charge in [0.1, 0.15) is 5.82 Å². The molecule has 3 heteroatoms. The van der Waals surface area contributed by atoms with Crippen molar-refractivity contribution in [3.8, 4) is 39.3 Å². The predicted molar refractivity (Wildman–Crippen MR) is 188 cm³/mol. The molecule has 3 heterocycles. The molecule has 0 amide bonds. The van der Waals surface area contributed by atoms with Crippen molar-refractivity contribution in [2.75, 3.05) is 0 Å². The number of rotatable bonds is 4. The monoisotopic (exact) mass is 578 g/mol. The summed E-state index contributed by atoms with van der Waals surface area (Å²) in [7, 11) is 0. The van der Waals surface area contributed by atoms with Gasteiger partial charge in [-0.25, -0.2) is 4.98 Å². The lowest BCUT2D eigenvalue weighted by molar-refractivity contribution is 1.09. The summed E-state index contributed by atoms with van der Waals surface area (Å²) in [6, 6.07) is 56.5. The van der Waals surface area contributed by atoms with Crippen molar-refractivity contribution in [2.45, 2.75) is 0 Å². The summed E-state index contributed by atoms with van der Waals surface area (Å²) in [6.07, 6.45) is 0. The second kappa shape index (κ2) is 10.0. The highest BCUT2D eigenvalue weighted by atomic mass is 32.1. The van der Waals surface area contributed by atoms with Gasteiger partial charge in [0, 0.05) is 36.5 Å². The Morgan fingerprint density at radius 3 is 1.80 bits per heavy atom. The molecule has 44 heavy (non-hydrogen) atoms. The molecule has 0 radical (unpaired) electrons. The van der Waals surface area contributed by atoms with Crippen LogP contribution in [0.2, 0.25) is 0 Å². The van der Waals surface area contributed by atoms with Crippen LogP contribution in [0.4, 0.5) is 0 Å². The predicted octanol–water partition coefficient (Wildman–Crippen LogP) is 11.5. The van der Waals surface area contributed by atoms with E-state index < -0.39 is 0 Å². The molecule has 9 aromatic rings. The van der Waals surface area contributed by atoms with Gasteiger partial charge in [-0.3, -0.25) is 4.57 Å². The van der Waals surface area contributed by atoms with Gasteiger partial charge in [0.05, 0.1) is 16.7 Å². The van der Waals surface area contributed by atoms with E-state index in [1.807, 2.05) is 11.3 Å². The molecule has 0 bridgehead atoms. The zero-order chi connectivity index (χ0) is 29.0. The average Bonchev–Trinajstić information content (AvgIpc) is 3.65. The first-order chi connectivity index (χ1) is 21.8. The minimum atomic E-state index is 0.915. The van der Waals surface area contributed by atoms with Gasteiger partial charge in [0.15, 0.2) is 0 Å². The Hall–Kier alpha value is -5.51. The molecule has 0 unspecified atom stereocenters. The number of para-hydroxylation sites is 2. The Labute approximate surface area is 259 Å². The second-order valence-corrected chi connectivity index (χ2v) is 12.2. The molecule has 0 saturated carbocycles. The highest BCUT2D eigenvalue weighted by Crippen LogP contribution is 2.41. The van der Waals surface area contributed by atoms with E-state index in [2.05, 4.69) is 162 Å². The molecule has 0 fully saturated rings. The molecule has 206 valence electrons. The van der Waals surface area contributed by atoms with Crippen LogP contribution >= 0.6 is 11.3 Å². The third kappa shape index (κ3) is 3.98. The lowest BCUT2D eigenvalue weighted by atomic mass is 9.98. The van der Waals surface area contributed by atoms with Gasteiger partial charge in [0.2, 0.25) is 0 Å². The van der Waals surface area contributed by atoms with E-state index in [-0.39, 0.29) is 0 Å². The Bertz CT molecular complexity index is 2450. The van der Waals surface area contributed by atoms with Crippen LogP contribution in [0, 0.1) is 0 Å². The van der Waals surface area contributed by atoms with Gasteiger partial charge in [0.25, 0.3) is 0 Å². The van der Waals surface area contributed by atoms with Gasteiger partial charge >= 0.3 is 0 Å². The standard InChI is InChI=1S/C41H26N2S/c1-2-12-27(13-3-1)28-14-10-15-29(24-28)30-25-36(35-20-11-19-34-33-18-6-9-23-39(33)44-41(34)35)42-40(26-30)43-37-21-7-4-16-31(37)32-17-5-8-22-38(32)43/h1-26H. The molecule has 2 nitrogen and oxygen atoms in total. The van der Waals surface area contributed by atoms with Gasteiger partial charge in [-0.05, 0) is 58.7 Å². The normalized spacial score (nSPS) is 11.6. The van der Waals surface area contributed by atoms with E-state index in [0.717, 1.165) is 33.7 Å². The van der Waals surface area contributed by atoms with Crippen molar-refractivity contribution >= 4 is 53.3 Å². The molecule has 0 saturated heterocycles. The van der Waals surface area contributed by atoms with Gasteiger partial charge < -0.3 is 0 Å². The van der Waals surface area contributed by atoms with E-state index in [1.54, 1.807) is 0 Å². The minimum absolute atomic E-state index is 0.915. The lowest BCUT2D eigenvalue weighted by Gasteiger charge is -2.14. The molecule has 0 aliphatic carbocycles. The van der Waals surface area contributed by atoms with Crippen LogP contribution in [0.1, 0.15) is 0 Å². The Balaban J connectivity index is 1.34. The summed E-state index contributed by atoms with van der Waals surface area (Å²) in [6.45, 7) is 0. The molecule has 6 aromatic carbocycles. The molecule has 0 atom stereocenters. The first kappa shape index (κ1) is 25.0. The molecule has 3 aromatic heterocycles. The maximum atomic E-state index is 5.44. The van der Waals surface area contributed by atoms with Crippen LogP contribution in [0.3, 0.4) is 0 Å². The quantitative estimate of drug-likeness (QED) is 0.203. The van der Waals surface area contributed by atoms with Crippen molar-refractivity contribution < 1.29 is 0 Å². The molecular weight excluding hydrogens is 553 g/mol. The van der Waals surface area contributed by atoms with Gasteiger partial charge in [-0.1, -0.05) is 121 Å². The van der Waals surface area contributed by atoms with Crippen LogP contribution in [0.5, 0.6) is 0 Å². The molecular formula is C41H26N2S. The number of pyridine rings is 1. The minimum Gasteiger partial charge on any atom is -0.294 e. The highest BCUT2D eigenvalue weighted by Gasteiger charge is 2.17. The van der Waals surface area contributed by atoms with Gasteiger partial charge in [-0.2, -0.15) is 0 Å². The molecule has 9 rings (SSSR count). The first-order valence-electron chi connectivity index (χ1n) is 14.9. The second-order valence-electron chi connectivity index (χ2n) is 11.2. The maximum Gasteiger partial charge on any atom is 0.138 e. The molecule has 0 aliphatic rings. The van der Waals surface area contributed by atoms with Crippen molar-refractivity contribution in [3.05, 3.63) is 158 Å². The van der Waals surface area contributed by atoms with Crippen LogP contribution in [-0.4, -0.2) is 9.55 Å². The maximum absolute atomic E-state index is 5.44. The van der Waals surface area contributed by atoms with E-state index >= 15 is 0 Å². The topological polar surface area (TPSA) is 17.8 Å². The Kier molecular flexibility index (Phi) is 5.71. The van der Waals surface area contributed by atoms with Gasteiger partial charge in [-0.15, -0.1) is 11.3 Å². The van der Waals surface area contributed by atoms with Crippen molar-refractivity contribution in [2.24, 2.45) is 0 Å². The summed E-state index contributed by atoms with van der Waals surface area (Å²) in [4.78, 5) is 5.44. The Morgan fingerprint density at radius 2 is 1.02 bits per heavy atom. The van der Waals surface area contributed by atoms with Crippen molar-refractivity contribution in [3.63, 3.8) is 0 Å². The summed E-state index contributed by atoms with van der Waals surface area (Å²) in [5.41, 5.74) is 9.16. The van der Waals surface area contributed by atoms with Crippen molar-refractivity contribution in [1.29, 1.82) is 0 Å². The van der Waals surface area contributed by atoms with E-state index in [1.165, 1.54) is 47.6 Å². The van der Waals surface area contributed by atoms with E-state index in [0.29, 0.717) is 0 Å². The summed E-state index contributed by atoms with van der Waals surface area (Å²) >= 11 is 1.85. The van der Waals surface area contributed by atoms with Crippen molar-refractivity contribution in [1.82, 2.24) is 9.55 Å².